The number of hydrogen-bond donors (Lipinski definition) is 3. The average Bonchev–Trinajstić information content (AvgIpc) is 3.49. The number of nitrogens with one attached hydrogen (secondary N) is 1. The first-order valence-electron chi connectivity index (χ1n) is 13.5. The molecule has 4 N–H and O–H groups in total. The highest BCUT2D eigenvalue weighted by Crippen LogP contribution is 2.38. The van der Waals surface area contributed by atoms with E-state index in [0.717, 1.165) is 54.2 Å². The third-order valence-electron chi connectivity index (χ3n) is 7.55. The minimum absolute atomic E-state index is 0.132. The molecule has 0 saturated heterocycles. The van der Waals surface area contributed by atoms with E-state index in [9.17, 15) is 33.2 Å². The van der Waals surface area contributed by atoms with Gasteiger partial charge in [0.25, 0.3) is 11.6 Å². The summed E-state index contributed by atoms with van der Waals surface area (Å²) in [5.41, 5.74) is 7.57. The van der Waals surface area contributed by atoms with E-state index in [1.165, 1.54) is 24.3 Å². The van der Waals surface area contributed by atoms with E-state index >= 15 is 0 Å². The summed E-state index contributed by atoms with van der Waals surface area (Å²) < 4.78 is 30.3. The van der Waals surface area contributed by atoms with Crippen molar-refractivity contribution in [2.45, 2.75) is 50.0 Å². The lowest BCUT2D eigenvalue weighted by Crippen LogP contribution is -2.34. The molecule has 222 valence electrons. The summed E-state index contributed by atoms with van der Waals surface area (Å²) in [6.07, 6.45) is 4.41. The molecular formula is C30H33N3O8S. The van der Waals surface area contributed by atoms with Gasteiger partial charge in [0.1, 0.15) is 12.2 Å². The number of aryl methyl sites for hydroxylation is 1. The first-order valence-corrected chi connectivity index (χ1v) is 15.4. The van der Waals surface area contributed by atoms with Gasteiger partial charge in [0.2, 0.25) is 10.0 Å². The van der Waals surface area contributed by atoms with E-state index in [4.69, 9.17) is 10.5 Å². The van der Waals surface area contributed by atoms with Gasteiger partial charge in [-0.3, -0.25) is 14.9 Å². The van der Waals surface area contributed by atoms with Gasteiger partial charge in [-0.05, 0) is 77.6 Å². The summed E-state index contributed by atoms with van der Waals surface area (Å²) in [7, 11) is -3.70. The molecule has 3 aromatic carbocycles. The predicted octanol–water partition coefficient (Wildman–Crippen LogP) is 4.52. The van der Waals surface area contributed by atoms with Gasteiger partial charge in [-0.2, -0.15) is 0 Å². The van der Waals surface area contributed by atoms with Gasteiger partial charge in [0.15, 0.2) is 0 Å². The zero-order chi connectivity index (χ0) is 30.5. The summed E-state index contributed by atoms with van der Waals surface area (Å²) in [5.74, 6) is -0.466. The average molecular weight is 596 g/mol. The van der Waals surface area contributed by atoms with E-state index in [1.807, 2.05) is 30.3 Å². The Bertz CT molecular complexity index is 1570. The second-order valence-electron chi connectivity index (χ2n) is 10.6. The van der Waals surface area contributed by atoms with Crippen molar-refractivity contribution in [2.24, 2.45) is 5.73 Å². The maximum atomic E-state index is 12.7. The zero-order valence-corrected chi connectivity index (χ0v) is 23.9. The normalized spacial score (nSPS) is 15.1. The highest BCUT2D eigenvalue weighted by molar-refractivity contribution is 7.89. The molecular weight excluding hydrogens is 562 g/mol. The summed E-state index contributed by atoms with van der Waals surface area (Å²) >= 11 is 0. The molecule has 0 radical (unpaired) electrons. The number of nitrogens with zero attached hydrogens (tertiary/aromatic N) is 1. The Morgan fingerprint density at radius 2 is 1.67 bits per heavy atom. The molecule has 11 nitrogen and oxygen atoms in total. The molecule has 42 heavy (non-hydrogen) atoms. The third-order valence-corrected chi connectivity index (χ3v) is 8.11. The van der Waals surface area contributed by atoms with Crippen LogP contribution in [0.5, 0.6) is 0 Å². The fourth-order valence-electron chi connectivity index (χ4n) is 5.35. The first kappa shape index (κ1) is 30.7. The van der Waals surface area contributed by atoms with Gasteiger partial charge in [0, 0.05) is 17.7 Å². The van der Waals surface area contributed by atoms with E-state index in [0.29, 0.717) is 17.5 Å². The van der Waals surface area contributed by atoms with Crippen molar-refractivity contribution in [2.75, 3.05) is 12.9 Å². The van der Waals surface area contributed by atoms with Crippen LogP contribution in [-0.2, 0) is 26.8 Å². The van der Waals surface area contributed by atoms with Crippen molar-refractivity contribution in [3.05, 3.63) is 99.1 Å². The molecule has 0 aromatic heterocycles. The number of primary amides is 1. The number of hydrogen-bond acceptors (Lipinski definition) is 8. The summed E-state index contributed by atoms with van der Waals surface area (Å²) in [4.78, 5) is 34.5. The van der Waals surface area contributed by atoms with Crippen molar-refractivity contribution < 1.29 is 32.8 Å². The monoisotopic (exact) mass is 595 g/mol. The van der Waals surface area contributed by atoms with E-state index in [2.05, 4.69) is 4.72 Å². The lowest BCUT2D eigenvalue weighted by molar-refractivity contribution is -0.384. The number of carbonyl (C=O) groups is 2. The van der Waals surface area contributed by atoms with E-state index in [1.54, 1.807) is 12.1 Å². The number of nitro benzene ring substituents is 1. The molecule has 1 fully saturated rings. The second kappa shape index (κ2) is 12.7. The molecule has 1 saturated carbocycles. The van der Waals surface area contributed by atoms with Gasteiger partial charge in [0.05, 0.1) is 11.2 Å². The largest absolute Gasteiger partial charge is 0.446 e. The highest BCUT2D eigenvalue weighted by atomic mass is 32.2. The van der Waals surface area contributed by atoms with Gasteiger partial charge in [-0.15, -0.1) is 0 Å². The Morgan fingerprint density at radius 1 is 1.05 bits per heavy atom. The second-order valence-corrected chi connectivity index (χ2v) is 12.4. The number of nitro groups is 1. The summed E-state index contributed by atoms with van der Waals surface area (Å²) in [6, 6.07) is 18.5. The van der Waals surface area contributed by atoms with Crippen LogP contribution in [0.15, 0.2) is 66.7 Å². The predicted molar refractivity (Wildman–Crippen MR) is 156 cm³/mol. The SMILES string of the molecule is CS(=O)(=O)NC(=O)c1ccc(-c2ccc(CC[C@](O)(COC(N)=O)c3ccc([N+](=O)[O-])cc3)cc2)cc1C1CCCC1. The number of nitrogens with two attached hydrogens (primary N) is 1. The molecule has 4 rings (SSSR count). The molecule has 0 heterocycles. The van der Waals surface area contributed by atoms with Crippen LogP contribution in [0.4, 0.5) is 10.5 Å². The minimum atomic E-state index is -3.70. The number of non-ortho nitro benzene ring substituents is 1. The van der Waals surface area contributed by atoms with Crippen LogP contribution in [0.2, 0.25) is 0 Å². The number of ether oxygens (including phenoxy) is 1. The van der Waals surface area contributed by atoms with Crippen LogP contribution < -0.4 is 10.5 Å². The number of benzene rings is 3. The molecule has 12 heteroatoms. The number of aliphatic hydroxyl groups is 1. The number of rotatable bonds is 11. The Morgan fingerprint density at radius 3 is 2.24 bits per heavy atom. The van der Waals surface area contributed by atoms with Crippen molar-refractivity contribution in [3.8, 4) is 11.1 Å². The van der Waals surface area contributed by atoms with Crippen LogP contribution in [0, 0.1) is 10.1 Å². The summed E-state index contributed by atoms with van der Waals surface area (Å²) in [6.45, 7) is -0.415. The van der Waals surface area contributed by atoms with Crippen molar-refractivity contribution >= 4 is 27.7 Å². The van der Waals surface area contributed by atoms with Gasteiger partial charge in [-0.25, -0.2) is 17.9 Å². The van der Waals surface area contributed by atoms with E-state index < -0.39 is 39.2 Å². The highest BCUT2D eigenvalue weighted by Gasteiger charge is 2.31. The Labute approximate surface area is 243 Å². The molecule has 0 spiro atoms. The molecule has 3 aromatic rings. The third kappa shape index (κ3) is 7.71. The number of sulfonamides is 1. The minimum Gasteiger partial charge on any atom is -0.446 e. The maximum Gasteiger partial charge on any atom is 0.404 e. The molecule has 1 aliphatic carbocycles. The van der Waals surface area contributed by atoms with Crippen LogP contribution >= 0.6 is 0 Å². The molecule has 1 atom stereocenters. The first-order chi connectivity index (χ1) is 19.8. The lowest BCUT2D eigenvalue weighted by atomic mass is 9.87. The fourth-order valence-corrected chi connectivity index (χ4v) is 5.79. The Kier molecular flexibility index (Phi) is 9.27. The lowest BCUT2D eigenvalue weighted by Gasteiger charge is -2.28. The van der Waals surface area contributed by atoms with Crippen molar-refractivity contribution in [1.82, 2.24) is 4.72 Å². The molecule has 2 amide bonds. The van der Waals surface area contributed by atoms with Crippen LogP contribution in [-0.4, -0.2) is 43.3 Å². The van der Waals surface area contributed by atoms with Gasteiger partial charge >= 0.3 is 6.09 Å². The van der Waals surface area contributed by atoms with Crippen LogP contribution in [0.25, 0.3) is 11.1 Å². The van der Waals surface area contributed by atoms with Crippen molar-refractivity contribution in [1.29, 1.82) is 0 Å². The van der Waals surface area contributed by atoms with Gasteiger partial charge in [-0.1, -0.05) is 49.2 Å². The number of amides is 2. The quantitative estimate of drug-likeness (QED) is 0.214. The molecule has 1 aliphatic rings. The Balaban J connectivity index is 1.54. The van der Waals surface area contributed by atoms with Crippen LogP contribution in [0.1, 0.15) is 65.1 Å². The van der Waals surface area contributed by atoms with Crippen LogP contribution in [0.3, 0.4) is 0 Å². The number of carbonyl (C=O) groups excluding carboxylic acids is 2. The molecule has 0 unspecified atom stereocenters. The fraction of sp³-hybridized carbons (Fsp3) is 0.333. The maximum absolute atomic E-state index is 12.7. The smallest absolute Gasteiger partial charge is 0.404 e. The Hall–Kier alpha value is -4.29. The molecule has 0 aliphatic heterocycles. The van der Waals surface area contributed by atoms with E-state index in [-0.39, 0.29) is 18.0 Å². The van der Waals surface area contributed by atoms with Crippen molar-refractivity contribution in [3.63, 3.8) is 0 Å². The standard InChI is InChI=1S/C30H33N3O8S/c1-42(39,40)32-28(34)26-15-10-23(18-27(26)22-4-2-3-5-22)21-8-6-20(7-9-21)16-17-30(36,19-41-29(31)35)24-11-13-25(14-12-24)33(37)38/h6-15,18,22,36H,2-5,16-17,19H2,1H3,(H2,31,35)(H,32,34)/t30-/m0/s1. The topological polar surface area (TPSA) is 179 Å². The molecule has 0 bridgehead atoms. The van der Waals surface area contributed by atoms with Gasteiger partial charge < -0.3 is 15.6 Å². The zero-order valence-electron chi connectivity index (χ0n) is 23.1. The summed E-state index contributed by atoms with van der Waals surface area (Å²) in [5, 5.41) is 22.4.